The number of rotatable bonds is 23. The SMILES string of the molecule is CCCCCCCCCCCCCCCCCC=CC(=O)OCCCCCCC. The van der Waals surface area contributed by atoms with E-state index in [0.29, 0.717) is 6.61 Å². The van der Waals surface area contributed by atoms with Crippen LogP contribution in [0.1, 0.15) is 149 Å². The fourth-order valence-electron chi connectivity index (χ4n) is 3.74. The Balaban J connectivity index is 3.18. The molecule has 0 heterocycles. The van der Waals surface area contributed by atoms with E-state index in [-0.39, 0.29) is 5.97 Å². The number of carbonyl (C=O) groups is 1. The summed E-state index contributed by atoms with van der Waals surface area (Å²) in [6.45, 7) is 5.07. The van der Waals surface area contributed by atoms with Crippen molar-refractivity contribution in [3.8, 4) is 0 Å². The smallest absolute Gasteiger partial charge is 0.330 e. The zero-order valence-corrected chi connectivity index (χ0v) is 20.0. The van der Waals surface area contributed by atoms with Crippen LogP contribution in [0.3, 0.4) is 0 Å². The van der Waals surface area contributed by atoms with E-state index in [9.17, 15) is 4.79 Å². The van der Waals surface area contributed by atoms with Crippen molar-refractivity contribution in [2.24, 2.45) is 0 Å². The first-order valence-electron chi connectivity index (χ1n) is 13.1. The number of hydrogen-bond donors (Lipinski definition) is 0. The van der Waals surface area contributed by atoms with Gasteiger partial charge in [0.25, 0.3) is 0 Å². The predicted octanol–water partition coefficient (Wildman–Crippen LogP) is 9.32. The third-order valence-electron chi connectivity index (χ3n) is 5.72. The number of allylic oxidation sites excluding steroid dienone is 1. The molecule has 0 unspecified atom stereocenters. The average Bonchev–Trinajstić information content (AvgIpc) is 2.73. The van der Waals surface area contributed by atoms with E-state index in [2.05, 4.69) is 13.8 Å². The molecule has 0 radical (unpaired) electrons. The predicted molar refractivity (Wildman–Crippen MR) is 128 cm³/mol. The molecule has 0 saturated heterocycles. The normalized spacial score (nSPS) is 11.4. The molecule has 172 valence electrons. The van der Waals surface area contributed by atoms with Crippen LogP contribution in [-0.4, -0.2) is 12.6 Å². The quantitative estimate of drug-likeness (QED) is 0.0956. The second-order valence-electron chi connectivity index (χ2n) is 8.72. The van der Waals surface area contributed by atoms with Gasteiger partial charge in [-0.15, -0.1) is 0 Å². The fourth-order valence-corrected chi connectivity index (χ4v) is 3.74. The van der Waals surface area contributed by atoms with Crippen LogP contribution in [0.2, 0.25) is 0 Å². The maximum Gasteiger partial charge on any atom is 0.330 e. The van der Waals surface area contributed by atoms with Gasteiger partial charge < -0.3 is 4.74 Å². The summed E-state index contributed by atoms with van der Waals surface area (Å²) in [5, 5.41) is 0. The Hall–Kier alpha value is -0.790. The Morgan fingerprint density at radius 2 is 0.931 bits per heavy atom. The van der Waals surface area contributed by atoms with Crippen LogP contribution in [0.4, 0.5) is 0 Å². The molecule has 0 N–H and O–H groups in total. The summed E-state index contributed by atoms with van der Waals surface area (Å²) in [5.74, 6) is -0.165. The van der Waals surface area contributed by atoms with Crippen molar-refractivity contribution >= 4 is 5.97 Å². The second kappa shape index (κ2) is 25.2. The Labute approximate surface area is 183 Å². The van der Waals surface area contributed by atoms with Crippen molar-refractivity contribution < 1.29 is 9.53 Å². The standard InChI is InChI=1S/C27H52O2/c1-3-5-7-9-10-11-12-13-14-15-16-17-18-19-20-21-23-25-27(28)29-26-24-22-8-6-4-2/h23,25H,3-22,24,26H2,1-2H3. The molecule has 29 heavy (non-hydrogen) atoms. The first-order chi connectivity index (χ1) is 14.3. The maximum atomic E-state index is 11.6. The number of esters is 1. The number of carbonyl (C=O) groups excluding carboxylic acids is 1. The average molecular weight is 409 g/mol. The maximum absolute atomic E-state index is 11.6. The van der Waals surface area contributed by atoms with Crippen LogP contribution >= 0.6 is 0 Å². The van der Waals surface area contributed by atoms with Crippen molar-refractivity contribution in [2.45, 2.75) is 149 Å². The van der Waals surface area contributed by atoms with Gasteiger partial charge in [-0.2, -0.15) is 0 Å². The van der Waals surface area contributed by atoms with Gasteiger partial charge in [-0.25, -0.2) is 4.79 Å². The second-order valence-corrected chi connectivity index (χ2v) is 8.72. The molecule has 0 aliphatic heterocycles. The van der Waals surface area contributed by atoms with Gasteiger partial charge in [-0.1, -0.05) is 135 Å². The van der Waals surface area contributed by atoms with Gasteiger partial charge >= 0.3 is 5.97 Å². The molecule has 0 fully saturated rings. The zero-order valence-electron chi connectivity index (χ0n) is 20.0. The molecule has 0 aliphatic carbocycles. The van der Waals surface area contributed by atoms with Crippen LogP contribution in [0, 0.1) is 0 Å². The van der Waals surface area contributed by atoms with E-state index < -0.39 is 0 Å². The summed E-state index contributed by atoms with van der Waals surface area (Å²) in [6, 6.07) is 0. The van der Waals surface area contributed by atoms with Crippen LogP contribution < -0.4 is 0 Å². The van der Waals surface area contributed by atoms with E-state index in [1.165, 1.54) is 122 Å². The van der Waals surface area contributed by atoms with Gasteiger partial charge in [0.2, 0.25) is 0 Å². The van der Waals surface area contributed by atoms with E-state index >= 15 is 0 Å². The number of hydrogen-bond acceptors (Lipinski definition) is 2. The molecular weight excluding hydrogens is 356 g/mol. The monoisotopic (exact) mass is 408 g/mol. The van der Waals surface area contributed by atoms with Crippen LogP contribution in [0.5, 0.6) is 0 Å². The minimum Gasteiger partial charge on any atom is -0.463 e. The van der Waals surface area contributed by atoms with Gasteiger partial charge in [0.1, 0.15) is 0 Å². The van der Waals surface area contributed by atoms with Crippen molar-refractivity contribution in [1.29, 1.82) is 0 Å². The third kappa shape index (κ3) is 25.2. The summed E-state index contributed by atoms with van der Waals surface area (Å²) in [6.07, 6.45) is 31.5. The summed E-state index contributed by atoms with van der Waals surface area (Å²) < 4.78 is 5.23. The van der Waals surface area contributed by atoms with E-state index in [0.717, 1.165) is 12.8 Å². The fraction of sp³-hybridized carbons (Fsp3) is 0.889. The Kier molecular flexibility index (Phi) is 24.6. The molecule has 0 amide bonds. The summed E-state index contributed by atoms with van der Waals surface area (Å²) >= 11 is 0. The van der Waals surface area contributed by atoms with Crippen LogP contribution in [-0.2, 0) is 9.53 Å². The molecule has 2 heteroatoms. The lowest BCUT2D eigenvalue weighted by Crippen LogP contribution is -2.02. The Bertz CT molecular complexity index is 348. The van der Waals surface area contributed by atoms with Gasteiger partial charge in [-0.3, -0.25) is 0 Å². The zero-order chi connectivity index (χ0) is 21.3. The van der Waals surface area contributed by atoms with Crippen LogP contribution in [0.15, 0.2) is 12.2 Å². The highest BCUT2D eigenvalue weighted by Crippen LogP contribution is 2.13. The van der Waals surface area contributed by atoms with Gasteiger partial charge in [0.05, 0.1) is 6.61 Å². The molecule has 0 aliphatic rings. The van der Waals surface area contributed by atoms with Crippen molar-refractivity contribution in [2.75, 3.05) is 6.61 Å². The third-order valence-corrected chi connectivity index (χ3v) is 5.72. The number of unbranched alkanes of at least 4 members (excludes halogenated alkanes) is 19. The molecule has 0 rings (SSSR count). The highest BCUT2D eigenvalue weighted by Gasteiger charge is 1.97. The van der Waals surface area contributed by atoms with Gasteiger partial charge in [-0.05, 0) is 19.3 Å². The molecule has 0 aromatic rings. The molecular formula is C27H52O2. The van der Waals surface area contributed by atoms with E-state index in [4.69, 9.17) is 4.74 Å². The van der Waals surface area contributed by atoms with Crippen molar-refractivity contribution in [3.05, 3.63) is 12.2 Å². The van der Waals surface area contributed by atoms with Gasteiger partial charge in [0.15, 0.2) is 0 Å². The van der Waals surface area contributed by atoms with Gasteiger partial charge in [0, 0.05) is 6.08 Å². The Morgan fingerprint density at radius 1 is 0.552 bits per heavy atom. The largest absolute Gasteiger partial charge is 0.463 e. The van der Waals surface area contributed by atoms with E-state index in [1.54, 1.807) is 6.08 Å². The van der Waals surface area contributed by atoms with Crippen molar-refractivity contribution in [1.82, 2.24) is 0 Å². The summed E-state index contributed by atoms with van der Waals surface area (Å²) in [5.41, 5.74) is 0. The lowest BCUT2D eigenvalue weighted by Gasteiger charge is -2.03. The molecule has 0 spiro atoms. The number of ether oxygens (including phenoxy) is 1. The van der Waals surface area contributed by atoms with Crippen molar-refractivity contribution in [3.63, 3.8) is 0 Å². The highest BCUT2D eigenvalue weighted by molar-refractivity contribution is 5.81. The Morgan fingerprint density at radius 3 is 1.38 bits per heavy atom. The molecule has 2 nitrogen and oxygen atoms in total. The molecule has 0 aromatic heterocycles. The lowest BCUT2D eigenvalue weighted by molar-refractivity contribution is -0.137. The highest BCUT2D eigenvalue weighted by atomic mass is 16.5. The van der Waals surface area contributed by atoms with Crippen LogP contribution in [0.25, 0.3) is 0 Å². The minimum absolute atomic E-state index is 0.165. The minimum atomic E-state index is -0.165. The molecule has 0 atom stereocenters. The summed E-state index contributed by atoms with van der Waals surface area (Å²) in [7, 11) is 0. The molecule has 0 saturated carbocycles. The lowest BCUT2D eigenvalue weighted by atomic mass is 10.0. The first-order valence-corrected chi connectivity index (χ1v) is 13.1. The summed E-state index contributed by atoms with van der Waals surface area (Å²) in [4.78, 5) is 11.6. The van der Waals surface area contributed by atoms with E-state index in [1.807, 2.05) is 6.08 Å². The molecule has 0 aromatic carbocycles. The topological polar surface area (TPSA) is 26.3 Å². The molecule has 0 bridgehead atoms. The first kappa shape index (κ1) is 28.2.